The van der Waals surface area contributed by atoms with E-state index in [0.29, 0.717) is 47.4 Å². The zero-order chi connectivity index (χ0) is 29.1. The molecule has 1 saturated heterocycles. The average Bonchev–Trinajstić information content (AvgIpc) is 2.99. The van der Waals surface area contributed by atoms with Gasteiger partial charge in [-0.1, -0.05) is 35.3 Å². The number of aliphatic hydroxyl groups excluding tert-OH is 1. The molecule has 41 heavy (non-hydrogen) atoms. The van der Waals surface area contributed by atoms with Crippen molar-refractivity contribution in [3.05, 3.63) is 63.3 Å². The lowest BCUT2D eigenvalue weighted by Gasteiger charge is -2.36. The number of aliphatic hydroxyl groups is 1. The number of hydrogen-bond acceptors (Lipinski definition) is 10. The summed E-state index contributed by atoms with van der Waals surface area (Å²) in [6, 6.07) is 9.83. The van der Waals surface area contributed by atoms with E-state index in [4.69, 9.17) is 37.7 Å². The van der Waals surface area contributed by atoms with Crippen LogP contribution in [0.1, 0.15) is 16.7 Å². The van der Waals surface area contributed by atoms with Crippen LogP contribution in [0.2, 0.25) is 10.0 Å². The van der Waals surface area contributed by atoms with Gasteiger partial charge in [0.1, 0.15) is 17.3 Å². The Balaban J connectivity index is 1.53. The normalized spacial score (nSPS) is 17.6. The predicted octanol–water partition coefficient (Wildman–Crippen LogP) is 4.34. The quantitative estimate of drug-likeness (QED) is 0.329. The van der Waals surface area contributed by atoms with Crippen LogP contribution in [0.25, 0.3) is 11.6 Å². The molecule has 12 heteroatoms. The second-order valence-corrected chi connectivity index (χ2v) is 10.8. The molecule has 2 aliphatic rings. The van der Waals surface area contributed by atoms with Gasteiger partial charge in [0.2, 0.25) is 5.95 Å². The number of ether oxygens (including phenoxy) is 2. The predicted molar refractivity (Wildman–Crippen MR) is 165 cm³/mol. The van der Waals surface area contributed by atoms with Gasteiger partial charge >= 0.3 is 0 Å². The molecule has 0 saturated carbocycles. The van der Waals surface area contributed by atoms with Crippen LogP contribution in [0.15, 0.2) is 36.5 Å². The molecule has 5 rings (SSSR count). The molecule has 218 valence electrons. The van der Waals surface area contributed by atoms with E-state index in [2.05, 4.69) is 44.8 Å². The van der Waals surface area contributed by atoms with Crippen molar-refractivity contribution >= 4 is 52.3 Å². The van der Waals surface area contributed by atoms with Crippen LogP contribution in [-0.2, 0) is 6.42 Å². The molecule has 3 aromatic rings. The third kappa shape index (κ3) is 6.17. The number of piperazine rings is 1. The molecule has 3 heterocycles. The Morgan fingerprint density at radius 3 is 2.29 bits per heavy atom. The van der Waals surface area contributed by atoms with Crippen molar-refractivity contribution in [2.75, 3.05) is 76.7 Å². The lowest BCUT2D eigenvalue weighted by molar-refractivity contribution is 0.178. The number of rotatable bonds is 9. The Labute approximate surface area is 250 Å². The number of aromatic nitrogens is 2. The summed E-state index contributed by atoms with van der Waals surface area (Å²) in [6.07, 6.45) is 3.14. The molecule has 2 aliphatic heterocycles. The summed E-state index contributed by atoms with van der Waals surface area (Å²) >= 11 is 13.5. The first kappa shape index (κ1) is 29.2. The van der Waals surface area contributed by atoms with Gasteiger partial charge in [0.25, 0.3) is 0 Å². The van der Waals surface area contributed by atoms with Crippen LogP contribution in [-0.4, -0.2) is 92.2 Å². The standard InChI is InChI=1S/C29H35Cl2N7O3/c1-32-20-7-5-18(6-8-20)9-10-38-27-19(17-33-29(34-27)35-37-13-11-36(2)12-14-37)15-21(28(38)39)24-25(30)22(40-3)16-23(41-4)26(24)31/h5-8,15-17,28,32,39H,9-14H2,1-4H3,(H,33,34,35). The van der Waals surface area contributed by atoms with Crippen molar-refractivity contribution in [2.24, 2.45) is 0 Å². The zero-order valence-electron chi connectivity index (χ0n) is 23.6. The van der Waals surface area contributed by atoms with Crippen molar-refractivity contribution in [3.8, 4) is 11.5 Å². The third-order valence-electron chi connectivity index (χ3n) is 7.46. The van der Waals surface area contributed by atoms with Gasteiger partial charge in [-0.25, -0.2) is 9.99 Å². The van der Waals surface area contributed by atoms with Gasteiger partial charge in [-0.2, -0.15) is 4.98 Å². The molecular weight excluding hydrogens is 565 g/mol. The molecular formula is C29H35Cl2N7O3. The molecule has 1 aromatic heterocycles. The van der Waals surface area contributed by atoms with E-state index in [-0.39, 0.29) is 10.0 Å². The van der Waals surface area contributed by atoms with E-state index in [1.54, 1.807) is 12.3 Å². The Morgan fingerprint density at radius 2 is 1.68 bits per heavy atom. The Hall–Kier alpha value is -3.28. The molecule has 1 atom stereocenters. The Bertz CT molecular complexity index is 1380. The largest absolute Gasteiger partial charge is 0.495 e. The number of likely N-dealkylation sites (N-methyl/N-ethyl adjacent to an activating group) is 1. The van der Waals surface area contributed by atoms with Gasteiger partial charge < -0.3 is 29.7 Å². The first-order chi connectivity index (χ1) is 19.8. The number of nitrogens with one attached hydrogen (secondary N) is 2. The second-order valence-electron chi connectivity index (χ2n) is 10.0. The van der Waals surface area contributed by atoms with Crippen molar-refractivity contribution in [1.29, 1.82) is 0 Å². The van der Waals surface area contributed by atoms with E-state index in [9.17, 15) is 5.11 Å². The van der Waals surface area contributed by atoms with E-state index in [0.717, 1.165) is 43.0 Å². The van der Waals surface area contributed by atoms with E-state index in [1.165, 1.54) is 14.2 Å². The number of benzene rings is 2. The topological polar surface area (TPSA) is 98.3 Å². The van der Waals surface area contributed by atoms with Crippen molar-refractivity contribution in [3.63, 3.8) is 0 Å². The highest BCUT2D eigenvalue weighted by atomic mass is 35.5. The van der Waals surface area contributed by atoms with Crippen LogP contribution in [0.3, 0.4) is 0 Å². The number of anilines is 3. The smallest absolute Gasteiger partial charge is 0.239 e. The monoisotopic (exact) mass is 599 g/mol. The molecule has 0 aliphatic carbocycles. The maximum Gasteiger partial charge on any atom is 0.239 e. The second kappa shape index (κ2) is 12.7. The summed E-state index contributed by atoms with van der Waals surface area (Å²) in [6.45, 7) is 4.08. The maximum atomic E-state index is 11.9. The number of halogens is 2. The van der Waals surface area contributed by atoms with Crippen molar-refractivity contribution in [2.45, 2.75) is 12.6 Å². The molecule has 2 aromatic carbocycles. The Morgan fingerprint density at radius 1 is 1.02 bits per heavy atom. The molecule has 10 nitrogen and oxygen atoms in total. The lowest BCUT2D eigenvalue weighted by Crippen LogP contribution is -2.47. The van der Waals surface area contributed by atoms with E-state index in [1.807, 2.05) is 30.2 Å². The number of methoxy groups -OCH3 is 2. The molecule has 0 radical (unpaired) electrons. The zero-order valence-corrected chi connectivity index (χ0v) is 25.1. The molecule has 3 N–H and O–H groups in total. The first-order valence-corrected chi connectivity index (χ1v) is 14.2. The fourth-order valence-electron chi connectivity index (χ4n) is 5.01. The van der Waals surface area contributed by atoms with Gasteiger partial charge in [0, 0.05) is 74.4 Å². The minimum absolute atomic E-state index is 0.281. The SMILES string of the molecule is CNc1ccc(CCN2c3nc(NN4CCN(C)CC4)ncc3C=C(c3c(Cl)c(OC)cc(OC)c3Cl)C2O)cc1. The summed E-state index contributed by atoms with van der Waals surface area (Å²) in [4.78, 5) is 13.6. The highest BCUT2D eigenvalue weighted by Gasteiger charge is 2.33. The molecule has 1 unspecified atom stereocenters. The van der Waals surface area contributed by atoms with Crippen molar-refractivity contribution in [1.82, 2.24) is 19.9 Å². The van der Waals surface area contributed by atoms with Crippen LogP contribution < -0.4 is 25.1 Å². The fraction of sp³-hybridized carbons (Fsp3) is 0.379. The molecule has 0 spiro atoms. The van der Waals surface area contributed by atoms with Crippen LogP contribution in [0.5, 0.6) is 11.5 Å². The lowest BCUT2D eigenvalue weighted by atomic mass is 9.96. The van der Waals surface area contributed by atoms with Crippen LogP contribution in [0.4, 0.5) is 17.5 Å². The van der Waals surface area contributed by atoms with Crippen LogP contribution >= 0.6 is 23.2 Å². The fourth-order valence-corrected chi connectivity index (χ4v) is 5.73. The highest BCUT2D eigenvalue weighted by molar-refractivity contribution is 6.40. The summed E-state index contributed by atoms with van der Waals surface area (Å²) in [7, 11) is 7.04. The summed E-state index contributed by atoms with van der Waals surface area (Å²) < 4.78 is 11.0. The minimum Gasteiger partial charge on any atom is -0.495 e. The number of hydrazine groups is 1. The van der Waals surface area contributed by atoms with Gasteiger partial charge in [-0.05, 0) is 37.2 Å². The van der Waals surface area contributed by atoms with Gasteiger partial charge in [-0.3, -0.25) is 5.43 Å². The summed E-state index contributed by atoms with van der Waals surface area (Å²) in [5, 5.41) is 17.7. The number of nitrogens with zero attached hydrogens (tertiary/aromatic N) is 5. The first-order valence-electron chi connectivity index (χ1n) is 13.4. The highest BCUT2D eigenvalue weighted by Crippen LogP contribution is 2.47. The molecule has 0 bridgehead atoms. The number of hydrogen-bond donors (Lipinski definition) is 3. The summed E-state index contributed by atoms with van der Waals surface area (Å²) in [5.41, 5.74) is 7.16. The van der Waals surface area contributed by atoms with Crippen molar-refractivity contribution < 1.29 is 14.6 Å². The van der Waals surface area contributed by atoms with E-state index >= 15 is 0 Å². The van der Waals surface area contributed by atoms with Gasteiger partial charge in [-0.15, -0.1) is 0 Å². The maximum absolute atomic E-state index is 11.9. The van der Waals surface area contributed by atoms with Gasteiger partial charge in [0.15, 0.2) is 6.23 Å². The average molecular weight is 601 g/mol. The molecule has 1 fully saturated rings. The van der Waals surface area contributed by atoms with Crippen LogP contribution in [0, 0.1) is 0 Å². The summed E-state index contributed by atoms with van der Waals surface area (Å²) in [5.74, 6) is 1.86. The third-order valence-corrected chi connectivity index (χ3v) is 8.21. The van der Waals surface area contributed by atoms with Gasteiger partial charge in [0.05, 0.1) is 24.3 Å². The minimum atomic E-state index is -1.10. The molecule has 0 amide bonds. The Kier molecular flexibility index (Phi) is 9.06. The van der Waals surface area contributed by atoms with E-state index < -0.39 is 6.23 Å². The number of fused-ring (bicyclic) bond motifs is 1.